The topological polar surface area (TPSA) is 49.8 Å². The largest absolute Gasteiger partial charge is 0.481 e. The first-order chi connectivity index (χ1) is 7.24. The van der Waals surface area contributed by atoms with Crippen LogP contribution in [0.15, 0.2) is 12.2 Å². The molecule has 2 fully saturated rings. The van der Waals surface area contributed by atoms with Gasteiger partial charge in [0.25, 0.3) is 0 Å². The van der Waals surface area contributed by atoms with Crippen LogP contribution in [-0.2, 0) is 9.53 Å². The number of allylic oxidation sites excluding steroid dienone is 1. The fourth-order valence-corrected chi connectivity index (χ4v) is 2.64. The van der Waals surface area contributed by atoms with E-state index in [1.165, 1.54) is 0 Å². The fourth-order valence-electron chi connectivity index (χ4n) is 2.43. The molecule has 1 N–H and O–H groups in total. The van der Waals surface area contributed by atoms with E-state index in [1.54, 1.807) is 0 Å². The van der Waals surface area contributed by atoms with E-state index >= 15 is 0 Å². The zero-order valence-corrected chi connectivity index (χ0v) is 10.0. The highest BCUT2D eigenvalue weighted by atomic mass is 79.9. The molecule has 0 amide bonds. The summed E-state index contributed by atoms with van der Waals surface area (Å²) in [7, 11) is 0. The summed E-state index contributed by atoms with van der Waals surface area (Å²) in [5.74, 6) is -0.888. The number of hydrogen-bond donors (Lipinski definition) is 1. The predicted molar refractivity (Wildman–Crippen MR) is 60.1 cm³/mol. The van der Waals surface area contributed by atoms with Crippen molar-refractivity contribution in [3.63, 3.8) is 0 Å². The maximum Gasteiger partial charge on any atom is 0.307 e. The quantitative estimate of drug-likeness (QED) is 0.488. The third-order valence-electron chi connectivity index (χ3n) is 3.23. The van der Waals surface area contributed by atoms with Crippen LogP contribution in [-0.4, -0.2) is 28.6 Å². The molecule has 1 heterocycles. The number of rotatable bonds is 3. The molecule has 1 saturated carbocycles. The second-order valence-electron chi connectivity index (χ2n) is 4.17. The number of epoxide rings is 1. The van der Waals surface area contributed by atoms with Gasteiger partial charge in [0.1, 0.15) is 0 Å². The molecule has 0 radical (unpaired) electrons. The first kappa shape index (κ1) is 11.1. The van der Waals surface area contributed by atoms with Gasteiger partial charge < -0.3 is 9.84 Å². The molecular formula is C11H15BrO3. The molecule has 1 aliphatic heterocycles. The van der Waals surface area contributed by atoms with Gasteiger partial charge in [-0.2, -0.15) is 0 Å². The average Bonchev–Trinajstić information content (AvgIpc) is 2.93. The van der Waals surface area contributed by atoms with Gasteiger partial charge in [-0.15, -0.1) is 0 Å². The van der Waals surface area contributed by atoms with Gasteiger partial charge in [0.05, 0.1) is 18.1 Å². The Morgan fingerprint density at radius 1 is 1.53 bits per heavy atom. The minimum absolute atomic E-state index is 0.0625. The van der Waals surface area contributed by atoms with E-state index in [0.717, 1.165) is 24.6 Å². The zero-order valence-electron chi connectivity index (χ0n) is 8.43. The molecular weight excluding hydrogens is 260 g/mol. The van der Waals surface area contributed by atoms with Gasteiger partial charge in [-0.25, -0.2) is 0 Å². The Bertz CT molecular complexity index is 277. The second-order valence-corrected chi connectivity index (χ2v) is 4.82. The Labute approximate surface area is 97.6 Å². The summed E-state index contributed by atoms with van der Waals surface area (Å²) in [5.41, 5.74) is 0. The molecule has 84 valence electrons. The van der Waals surface area contributed by atoms with Gasteiger partial charge in [-0.3, -0.25) is 4.79 Å². The molecule has 0 aromatic rings. The lowest BCUT2D eigenvalue weighted by Crippen LogP contribution is -2.25. The van der Waals surface area contributed by atoms with Crippen LogP contribution in [0.3, 0.4) is 0 Å². The molecule has 4 atom stereocenters. The summed E-state index contributed by atoms with van der Waals surface area (Å²) in [6.07, 6.45) is 7.23. The average molecular weight is 275 g/mol. The molecule has 0 aromatic heterocycles. The Morgan fingerprint density at radius 3 is 3.00 bits per heavy atom. The maximum atomic E-state index is 11.1. The van der Waals surface area contributed by atoms with E-state index < -0.39 is 5.97 Å². The van der Waals surface area contributed by atoms with E-state index in [2.05, 4.69) is 15.9 Å². The zero-order chi connectivity index (χ0) is 10.8. The summed E-state index contributed by atoms with van der Waals surface area (Å²) < 4.78 is 5.52. The lowest BCUT2D eigenvalue weighted by atomic mass is 9.87. The number of carboxylic acid groups (broad SMARTS) is 1. The standard InChI is InChI=1S/C11H15BrO3/c12-6-2-4-7-8(11(13)14)3-1-5-9-10(7)15-9/h2,4,7-10H,1,3,5-6H2,(H,13,14). The summed E-state index contributed by atoms with van der Waals surface area (Å²) in [4.78, 5) is 11.1. The number of alkyl halides is 1. The van der Waals surface area contributed by atoms with Crippen LogP contribution in [0, 0.1) is 11.8 Å². The highest BCUT2D eigenvalue weighted by Crippen LogP contribution is 2.42. The van der Waals surface area contributed by atoms with Crippen molar-refractivity contribution in [1.29, 1.82) is 0 Å². The Kier molecular flexibility index (Phi) is 3.46. The lowest BCUT2D eigenvalue weighted by molar-refractivity contribution is -0.143. The first-order valence-corrected chi connectivity index (χ1v) is 6.47. The van der Waals surface area contributed by atoms with E-state index in [0.29, 0.717) is 6.10 Å². The van der Waals surface area contributed by atoms with Crippen molar-refractivity contribution in [2.45, 2.75) is 31.5 Å². The molecule has 4 heteroatoms. The minimum atomic E-state index is -0.685. The van der Waals surface area contributed by atoms with Crippen molar-refractivity contribution in [3.05, 3.63) is 12.2 Å². The van der Waals surface area contributed by atoms with Crippen molar-refractivity contribution in [3.8, 4) is 0 Å². The summed E-state index contributed by atoms with van der Waals surface area (Å²) in [6, 6.07) is 0. The van der Waals surface area contributed by atoms with E-state index in [1.807, 2.05) is 12.2 Å². The third kappa shape index (κ3) is 2.42. The number of fused-ring (bicyclic) bond motifs is 1. The number of carboxylic acids is 1. The van der Waals surface area contributed by atoms with Crippen molar-refractivity contribution in [2.75, 3.05) is 5.33 Å². The molecule has 15 heavy (non-hydrogen) atoms. The van der Waals surface area contributed by atoms with Gasteiger partial charge in [-0.05, 0) is 19.3 Å². The summed E-state index contributed by atoms with van der Waals surface area (Å²) in [5, 5.41) is 9.94. The SMILES string of the molecule is O=C(O)C1CCCC2OC2C1C=CCBr. The highest BCUT2D eigenvalue weighted by molar-refractivity contribution is 9.09. The second kappa shape index (κ2) is 4.66. The molecule has 4 unspecified atom stereocenters. The Balaban J connectivity index is 2.11. The van der Waals surface area contributed by atoms with E-state index in [4.69, 9.17) is 9.84 Å². The van der Waals surface area contributed by atoms with Crippen molar-refractivity contribution < 1.29 is 14.6 Å². The van der Waals surface area contributed by atoms with Crippen molar-refractivity contribution in [2.24, 2.45) is 11.8 Å². The number of ether oxygens (including phenoxy) is 1. The maximum absolute atomic E-state index is 11.1. The van der Waals surface area contributed by atoms with Crippen LogP contribution in [0.1, 0.15) is 19.3 Å². The van der Waals surface area contributed by atoms with Crippen LogP contribution in [0.4, 0.5) is 0 Å². The smallest absolute Gasteiger partial charge is 0.307 e. The summed E-state index contributed by atoms with van der Waals surface area (Å²) >= 11 is 3.31. The lowest BCUT2D eigenvalue weighted by Gasteiger charge is -2.17. The monoisotopic (exact) mass is 274 g/mol. The summed E-state index contributed by atoms with van der Waals surface area (Å²) in [6.45, 7) is 0. The molecule has 2 aliphatic rings. The van der Waals surface area contributed by atoms with Crippen LogP contribution in [0.5, 0.6) is 0 Å². The van der Waals surface area contributed by atoms with Gasteiger partial charge in [0, 0.05) is 11.2 Å². The predicted octanol–water partition coefficient (Wildman–Crippen LogP) is 2.21. The van der Waals surface area contributed by atoms with Gasteiger partial charge >= 0.3 is 5.97 Å². The fraction of sp³-hybridized carbons (Fsp3) is 0.727. The first-order valence-electron chi connectivity index (χ1n) is 5.35. The van der Waals surface area contributed by atoms with Crippen LogP contribution >= 0.6 is 15.9 Å². The van der Waals surface area contributed by atoms with Crippen molar-refractivity contribution in [1.82, 2.24) is 0 Å². The van der Waals surface area contributed by atoms with Crippen LogP contribution in [0.2, 0.25) is 0 Å². The number of carbonyl (C=O) groups is 1. The molecule has 1 saturated heterocycles. The van der Waals surface area contributed by atoms with Gasteiger partial charge in [-0.1, -0.05) is 28.1 Å². The van der Waals surface area contributed by atoms with Gasteiger partial charge in [0.15, 0.2) is 0 Å². The normalized spacial score (nSPS) is 39.8. The number of hydrogen-bond acceptors (Lipinski definition) is 2. The molecule has 3 nitrogen and oxygen atoms in total. The third-order valence-corrected chi connectivity index (χ3v) is 3.61. The molecule has 0 spiro atoms. The van der Waals surface area contributed by atoms with Crippen LogP contribution < -0.4 is 0 Å². The highest BCUT2D eigenvalue weighted by Gasteiger charge is 2.49. The van der Waals surface area contributed by atoms with Crippen molar-refractivity contribution >= 4 is 21.9 Å². The molecule has 0 aromatic carbocycles. The number of aliphatic carboxylic acids is 1. The van der Waals surface area contributed by atoms with Gasteiger partial charge in [0.2, 0.25) is 0 Å². The Morgan fingerprint density at radius 2 is 2.33 bits per heavy atom. The van der Waals surface area contributed by atoms with Crippen LogP contribution in [0.25, 0.3) is 0 Å². The Hall–Kier alpha value is -0.350. The van der Waals surface area contributed by atoms with E-state index in [9.17, 15) is 4.79 Å². The molecule has 0 bridgehead atoms. The molecule has 2 rings (SSSR count). The minimum Gasteiger partial charge on any atom is -0.481 e. The number of halogens is 1. The van der Waals surface area contributed by atoms with E-state index in [-0.39, 0.29) is 17.9 Å². The molecule has 1 aliphatic carbocycles.